The fourth-order valence-corrected chi connectivity index (χ4v) is 1.51. The maximum atomic E-state index is 5.82. The first-order valence-corrected chi connectivity index (χ1v) is 5.08. The topological polar surface area (TPSA) is 38.9 Å². The Kier molecular flexibility index (Phi) is 4.74. The van der Waals surface area contributed by atoms with Crippen LogP contribution in [0.3, 0.4) is 0 Å². The molecule has 0 saturated carbocycles. The van der Waals surface area contributed by atoms with Crippen LogP contribution in [0.4, 0.5) is 0 Å². The van der Waals surface area contributed by atoms with Crippen molar-refractivity contribution in [1.82, 2.24) is 4.98 Å². The second-order valence-electron chi connectivity index (χ2n) is 3.26. The molecule has 4 heteroatoms. The van der Waals surface area contributed by atoms with Crippen molar-refractivity contribution in [2.45, 2.75) is 6.54 Å². The smallest absolute Gasteiger partial charge is 0.0705 e. The Morgan fingerprint density at radius 3 is 2.44 bits per heavy atom. The molecule has 2 aromatic rings. The molecule has 0 atom stereocenters. The Bertz CT molecular complexity index is 455. The summed E-state index contributed by atoms with van der Waals surface area (Å²) in [5.41, 5.74) is 8.63. The molecule has 2 nitrogen and oxygen atoms in total. The molecule has 0 radical (unpaired) electrons. The van der Waals surface area contributed by atoms with E-state index in [0.29, 0.717) is 6.54 Å². The second-order valence-corrected chi connectivity index (χ2v) is 3.70. The Hall–Kier alpha value is -1.09. The average molecular weight is 255 g/mol. The zero-order valence-corrected chi connectivity index (χ0v) is 10.1. The van der Waals surface area contributed by atoms with Gasteiger partial charge < -0.3 is 5.73 Å². The van der Waals surface area contributed by atoms with E-state index in [2.05, 4.69) is 4.98 Å². The zero-order chi connectivity index (χ0) is 10.7. The number of benzene rings is 1. The molecule has 0 aliphatic heterocycles. The van der Waals surface area contributed by atoms with E-state index in [1.54, 1.807) is 6.20 Å². The summed E-state index contributed by atoms with van der Waals surface area (Å²) < 4.78 is 0. The van der Waals surface area contributed by atoms with E-state index in [0.717, 1.165) is 21.8 Å². The minimum atomic E-state index is 0. The van der Waals surface area contributed by atoms with Crippen molar-refractivity contribution in [3.8, 4) is 11.3 Å². The molecule has 2 rings (SSSR count). The molecule has 1 heterocycles. The maximum Gasteiger partial charge on any atom is 0.0705 e. The summed E-state index contributed by atoms with van der Waals surface area (Å²) in [6.07, 6.45) is 1.77. The summed E-state index contributed by atoms with van der Waals surface area (Å²) in [6.45, 7) is 0.531. The Labute approximate surface area is 106 Å². The summed E-state index contributed by atoms with van der Waals surface area (Å²) in [4.78, 5) is 4.29. The number of nitrogens with zero attached hydrogens (tertiary/aromatic N) is 1. The van der Waals surface area contributed by atoms with Gasteiger partial charge in [-0.3, -0.25) is 4.98 Å². The van der Waals surface area contributed by atoms with Gasteiger partial charge in [-0.25, -0.2) is 0 Å². The second kappa shape index (κ2) is 5.85. The highest BCUT2D eigenvalue weighted by atomic mass is 35.5. The van der Waals surface area contributed by atoms with Crippen molar-refractivity contribution in [2.75, 3.05) is 0 Å². The number of hydrogen-bond donors (Lipinski definition) is 1. The van der Waals surface area contributed by atoms with Gasteiger partial charge in [0.2, 0.25) is 0 Å². The van der Waals surface area contributed by atoms with Crippen molar-refractivity contribution < 1.29 is 0 Å². The van der Waals surface area contributed by atoms with Crippen LogP contribution in [0.5, 0.6) is 0 Å². The monoisotopic (exact) mass is 254 g/mol. The van der Waals surface area contributed by atoms with E-state index in [1.165, 1.54) is 0 Å². The van der Waals surface area contributed by atoms with Crippen molar-refractivity contribution >= 4 is 24.0 Å². The van der Waals surface area contributed by atoms with E-state index in [-0.39, 0.29) is 12.4 Å². The van der Waals surface area contributed by atoms with Crippen LogP contribution in [0.25, 0.3) is 11.3 Å². The average Bonchev–Trinajstić information content (AvgIpc) is 2.30. The van der Waals surface area contributed by atoms with Gasteiger partial charge >= 0.3 is 0 Å². The predicted octanol–water partition coefficient (Wildman–Crippen LogP) is 3.28. The molecule has 84 valence electrons. The van der Waals surface area contributed by atoms with Crippen LogP contribution in [0, 0.1) is 0 Å². The van der Waals surface area contributed by atoms with Gasteiger partial charge in [-0.1, -0.05) is 23.7 Å². The summed E-state index contributed by atoms with van der Waals surface area (Å²) >= 11 is 5.82. The fraction of sp³-hybridized carbons (Fsp3) is 0.0833. The van der Waals surface area contributed by atoms with Crippen LogP contribution in [0.2, 0.25) is 5.02 Å². The summed E-state index contributed by atoms with van der Waals surface area (Å²) in [7, 11) is 0. The van der Waals surface area contributed by atoms with Crippen LogP contribution in [-0.2, 0) is 6.54 Å². The molecule has 1 aromatic carbocycles. The zero-order valence-electron chi connectivity index (χ0n) is 8.56. The normalized spacial score (nSPS) is 9.62. The van der Waals surface area contributed by atoms with Crippen LogP contribution >= 0.6 is 24.0 Å². The Morgan fingerprint density at radius 1 is 1.12 bits per heavy atom. The molecule has 0 unspecified atom stereocenters. The largest absolute Gasteiger partial charge is 0.326 e. The third kappa shape index (κ3) is 2.95. The predicted molar refractivity (Wildman–Crippen MR) is 69.8 cm³/mol. The highest BCUT2D eigenvalue weighted by Crippen LogP contribution is 2.19. The molecule has 0 saturated heterocycles. The molecule has 0 spiro atoms. The van der Waals surface area contributed by atoms with Crippen molar-refractivity contribution in [2.24, 2.45) is 5.73 Å². The van der Waals surface area contributed by atoms with Crippen LogP contribution in [0.1, 0.15) is 5.56 Å². The third-order valence-electron chi connectivity index (χ3n) is 2.20. The van der Waals surface area contributed by atoms with Gasteiger partial charge in [-0.05, 0) is 29.8 Å². The first-order chi connectivity index (χ1) is 7.29. The first-order valence-electron chi connectivity index (χ1n) is 4.70. The van der Waals surface area contributed by atoms with E-state index in [1.807, 2.05) is 36.4 Å². The molecule has 0 amide bonds. The molecule has 0 aliphatic rings. The third-order valence-corrected chi connectivity index (χ3v) is 2.45. The van der Waals surface area contributed by atoms with E-state index < -0.39 is 0 Å². The van der Waals surface area contributed by atoms with Gasteiger partial charge in [-0.2, -0.15) is 0 Å². The van der Waals surface area contributed by atoms with Crippen molar-refractivity contribution in [3.05, 3.63) is 53.2 Å². The lowest BCUT2D eigenvalue weighted by Gasteiger charge is -2.02. The van der Waals surface area contributed by atoms with Crippen LogP contribution < -0.4 is 5.73 Å². The summed E-state index contributed by atoms with van der Waals surface area (Å²) in [6, 6.07) is 11.5. The Morgan fingerprint density at radius 2 is 1.81 bits per heavy atom. The summed E-state index contributed by atoms with van der Waals surface area (Å²) in [5.74, 6) is 0. The fourth-order valence-electron chi connectivity index (χ4n) is 1.38. The molecule has 0 fully saturated rings. The van der Waals surface area contributed by atoms with E-state index in [4.69, 9.17) is 17.3 Å². The highest BCUT2D eigenvalue weighted by Gasteiger charge is 1.99. The number of rotatable bonds is 2. The lowest BCUT2D eigenvalue weighted by atomic mass is 10.1. The molecule has 1 aromatic heterocycles. The lowest BCUT2D eigenvalue weighted by Crippen LogP contribution is -1.96. The SMILES string of the molecule is Cl.NCc1ccnc(-c2ccc(Cl)cc2)c1. The van der Waals surface area contributed by atoms with Gasteiger partial charge in [0.25, 0.3) is 0 Å². The Balaban J connectivity index is 0.00000128. The maximum absolute atomic E-state index is 5.82. The minimum absolute atomic E-state index is 0. The standard InChI is InChI=1S/C12H11ClN2.ClH/c13-11-3-1-10(2-4-11)12-7-9(8-14)5-6-15-12;/h1-7H,8,14H2;1H. The number of aromatic nitrogens is 1. The lowest BCUT2D eigenvalue weighted by molar-refractivity contribution is 1.06. The van der Waals surface area contributed by atoms with E-state index >= 15 is 0 Å². The molecular formula is C12H12Cl2N2. The molecule has 0 bridgehead atoms. The molecule has 0 aliphatic carbocycles. The van der Waals surface area contributed by atoms with Crippen molar-refractivity contribution in [1.29, 1.82) is 0 Å². The van der Waals surface area contributed by atoms with E-state index in [9.17, 15) is 0 Å². The number of nitrogens with two attached hydrogens (primary N) is 1. The van der Waals surface area contributed by atoms with Gasteiger partial charge in [-0.15, -0.1) is 12.4 Å². The van der Waals surface area contributed by atoms with Crippen LogP contribution in [-0.4, -0.2) is 4.98 Å². The van der Waals surface area contributed by atoms with Gasteiger partial charge in [0.15, 0.2) is 0 Å². The minimum Gasteiger partial charge on any atom is -0.326 e. The highest BCUT2D eigenvalue weighted by molar-refractivity contribution is 6.30. The van der Waals surface area contributed by atoms with Gasteiger partial charge in [0.1, 0.15) is 0 Å². The van der Waals surface area contributed by atoms with Crippen molar-refractivity contribution in [3.63, 3.8) is 0 Å². The van der Waals surface area contributed by atoms with Gasteiger partial charge in [0, 0.05) is 23.3 Å². The number of halogens is 2. The number of hydrogen-bond acceptors (Lipinski definition) is 2. The van der Waals surface area contributed by atoms with Gasteiger partial charge in [0.05, 0.1) is 5.69 Å². The quantitative estimate of drug-likeness (QED) is 0.894. The first kappa shape index (κ1) is 13.0. The molecule has 2 N–H and O–H groups in total. The molecular weight excluding hydrogens is 243 g/mol. The molecule has 16 heavy (non-hydrogen) atoms. The summed E-state index contributed by atoms with van der Waals surface area (Å²) in [5, 5.41) is 0.730. The number of pyridine rings is 1. The van der Waals surface area contributed by atoms with Crippen LogP contribution in [0.15, 0.2) is 42.6 Å².